The standard InChI is InChI=1S/C10H12.2H2O/c1-2-9-7-4-5-8(6-7)10(9)3-1;;/h1-2,4-5,7-10H,3,6H2;2*1H2. The molecule has 2 nitrogen and oxygen atoms in total. The largest absolute Gasteiger partial charge is 0.412 e. The van der Waals surface area contributed by atoms with Crippen LogP contribution in [0, 0.1) is 23.7 Å². The van der Waals surface area contributed by atoms with Crippen molar-refractivity contribution in [1.29, 1.82) is 0 Å². The number of allylic oxidation sites excluding steroid dienone is 4. The summed E-state index contributed by atoms with van der Waals surface area (Å²) in [6.07, 6.45) is 12.5. The van der Waals surface area contributed by atoms with Crippen LogP contribution in [0.2, 0.25) is 0 Å². The zero-order chi connectivity index (χ0) is 6.55. The summed E-state index contributed by atoms with van der Waals surface area (Å²) in [7, 11) is 0. The molecule has 3 aliphatic rings. The molecule has 0 aromatic heterocycles. The van der Waals surface area contributed by atoms with E-state index in [2.05, 4.69) is 24.3 Å². The summed E-state index contributed by atoms with van der Waals surface area (Å²) in [4.78, 5) is 0. The Bertz CT molecular complexity index is 220. The predicted octanol–water partition coefficient (Wildman–Crippen LogP) is 0.735. The average Bonchev–Trinajstić information content (AvgIpc) is 2.60. The summed E-state index contributed by atoms with van der Waals surface area (Å²) in [6.45, 7) is 0. The van der Waals surface area contributed by atoms with Crippen molar-refractivity contribution in [2.75, 3.05) is 0 Å². The highest BCUT2D eigenvalue weighted by molar-refractivity contribution is 5.21. The van der Waals surface area contributed by atoms with Gasteiger partial charge in [0.15, 0.2) is 0 Å². The van der Waals surface area contributed by atoms with Crippen LogP contribution in [-0.4, -0.2) is 11.0 Å². The zero-order valence-electron chi connectivity index (χ0n) is 7.03. The van der Waals surface area contributed by atoms with Crippen LogP contribution in [0.1, 0.15) is 12.8 Å². The van der Waals surface area contributed by atoms with E-state index in [-0.39, 0.29) is 11.0 Å². The molecule has 12 heavy (non-hydrogen) atoms. The van der Waals surface area contributed by atoms with E-state index in [0.717, 1.165) is 23.7 Å². The average molecular weight is 168 g/mol. The molecule has 0 spiro atoms. The second-order valence-corrected chi connectivity index (χ2v) is 3.85. The maximum absolute atomic E-state index is 2.44. The van der Waals surface area contributed by atoms with E-state index >= 15 is 0 Å². The van der Waals surface area contributed by atoms with E-state index in [1.54, 1.807) is 0 Å². The molecule has 3 aliphatic carbocycles. The Hall–Kier alpha value is -0.600. The SMILES string of the molecule is C1=CC2C3C=CC(C3)C2C1.O.O. The summed E-state index contributed by atoms with van der Waals surface area (Å²) in [6, 6.07) is 0. The van der Waals surface area contributed by atoms with E-state index < -0.39 is 0 Å². The molecule has 1 fully saturated rings. The van der Waals surface area contributed by atoms with Gasteiger partial charge in [-0.1, -0.05) is 24.3 Å². The summed E-state index contributed by atoms with van der Waals surface area (Å²) in [5.41, 5.74) is 0. The van der Waals surface area contributed by atoms with Crippen molar-refractivity contribution in [1.82, 2.24) is 0 Å². The van der Waals surface area contributed by atoms with Crippen LogP contribution in [0.15, 0.2) is 24.3 Å². The van der Waals surface area contributed by atoms with E-state index in [1.165, 1.54) is 12.8 Å². The number of hydrogen-bond donors (Lipinski definition) is 0. The molecule has 4 N–H and O–H groups in total. The molecule has 0 saturated heterocycles. The minimum atomic E-state index is 0. The summed E-state index contributed by atoms with van der Waals surface area (Å²) < 4.78 is 0. The third-order valence-electron chi connectivity index (χ3n) is 3.46. The van der Waals surface area contributed by atoms with Crippen LogP contribution in [0.3, 0.4) is 0 Å². The molecule has 0 aliphatic heterocycles. The van der Waals surface area contributed by atoms with E-state index in [4.69, 9.17) is 0 Å². The molecule has 2 bridgehead atoms. The maximum atomic E-state index is 2.44. The third-order valence-corrected chi connectivity index (χ3v) is 3.46. The van der Waals surface area contributed by atoms with Gasteiger partial charge in [0.1, 0.15) is 0 Å². The third kappa shape index (κ3) is 0.952. The van der Waals surface area contributed by atoms with Crippen LogP contribution >= 0.6 is 0 Å². The van der Waals surface area contributed by atoms with Crippen molar-refractivity contribution in [3.05, 3.63) is 24.3 Å². The quantitative estimate of drug-likeness (QED) is 0.479. The van der Waals surface area contributed by atoms with Crippen molar-refractivity contribution in [3.8, 4) is 0 Å². The van der Waals surface area contributed by atoms with Gasteiger partial charge in [-0.15, -0.1) is 0 Å². The Morgan fingerprint density at radius 3 is 2.42 bits per heavy atom. The lowest BCUT2D eigenvalue weighted by Crippen LogP contribution is -2.12. The van der Waals surface area contributed by atoms with Crippen LogP contribution in [0.4, 0.5) is 0 Å². The highest BCUT2D eigenvalue weighted by atomic mass is 16.0. The van der Waals surface area contributed by atoms with E-state index in [1.807, 2.05) is 0 Å². The first-order chi connectivity index (χ1) is 4.95. The molecule has 0 amide bonds. The Balaban J connectivity index is 0.000000360. The Morgan fingerprint density at radius 2 is 1.67 bits per heavy atom. The first kappa shape index (κ1) is 9.49. The van der Waals surface area contributed by atoms with E-state index in [9.17, 15) is 0 Å². The van der Waals surface area contributed by atoms with Gasteiger partial charge in [-0.25, -0.2) is 0 Å². The lowest BCUT2D eigenvalue weighted by molar-refractivity contribution is 0.398. The summed E-state index contributed by atoms with van der Waals surface area (Å²) >= 11 is 0. The van der Waals surface area contributed by atoms with Crippen molar-refractivity contribution >= 4 is 0 Å². The van der Waals surface area contributed by atoms with Gasteiger partial charge in [-0.3, -0.25) is 0 Å². The van der Waals surface area contributed by atoms with Gasteiger partial charge in [-0.05, 0) is 36.5 Å². The molecule has 0 heterocycles. The van der Waals surface area contributed by atoms with Crippen LogP contribution in [-0.2, 0) is 0 Å². The minimum Gasteiger partial charge on any atom is -0.412 e. The molecule has 4 unspecified atom stereocenters. The van der Waals surface area contributed by atoms with Crippen molar-refractivity contribution in [3.63, 3.8) is 0 Å². The highest BCUT2D eigenvalue weighted by Crippen LogP contribution is 2.52. The minimum absolute atomic E-state index is 0. The molecule has 0 aromatic rings. The summed E-state index contributed by atoms with van der Waals surface area (Å²) in [5.74, 6) is 3.82. The Kier molecular flexibility index (Phi) is 2.40. The molecule has 68 valence electrons. The van der Waals surface area contributed by atoms with Crippen molar-refractivity contribution < 1.29 is 11.0 Å². The van der Waals surface area contributed by atoms with Crippen LogP contribution in [0.25, 0.3) is 0 Å². The highest BCUT2D eigenvalue weighted by Gasteiger charge is 2.44. The van der Waals surface area contributed by atoms with Gasteiger partial charge in [0.25, 0.3) is 0 Å². The molecule has 4 atom stereocenters. The molecule has 2 heteroatoms. The Morgan fingerprint density at radius 1 is 0.917 bits per heavy atom. The summed E-state index contributed by atoms with van der Waals surface area (Å²) in [5, 5.41) is 0. The lowest BCUT2D eigenvalue weighted by Gasteiger charge is -2.18. The number of fused-ring (bicyclic) bond motifs is 5. The van der Waals surface area contributed by atoms with Gasteiger partial charge < -0.3 is 11.0 Å². The molecule has 0 aromatic carbocycles. The Labute approximate surface area is 72.6 Å². The fourth-order valence-electron chi connectivity index (χ4n) is 2.97. The molecular weight excluding hydrogens is 152 g/mol. The van der Waals surface area contributed by atoms with Crippen LogP contribution < -0.4 is 0 Å². The molecule has 0 radical (unpaired) electrons. The van der Waals surface area contributed by atoms with Gasteiger partial charge in [0, 0.05) is 0 Å². The van der Waals surface area contributed by atoms with Gasteiger partial charge in [0.2, 0.25) is 0 Å². The smallest absolute Gasteiger partial charge is 0.0133 e. The van der Waals surface area contributed by atoms with E-state index in [0.29, 0.717) is 0 Å². The van der Waals surface area contributed by atoms with Crippen LogP contribution in [0.5, 0.6) is 0 Å². The molecule has 3 rings (SSSR count). The van der Waals surface area contributed by atoms with Crippen molar-refractivity contribution in [2.24, 2.45) is 23.7 Å². The maximum Gasteiger partial charge on any atom is -0.0133 e. The van der Waals surface area contributed by atoms with Gasteiger partial charge in [0.05, 0.1) is 0 Å². The lowest BCUT2D eigenvalue weighted by atomic mass is 9.86. The van der Waals surface area contributed by atoms with Gasteiger partial charge in [-0.2, -0.15) is 0 Å². The molecular formula is C10H16O2. The number of hydrogen-bond acceptors (Lipinski definition) is 0. The number of rotatable bonds is 0. The first-order valence-corrected chi connectivity index (χ1v) is 4.30. The van der Waals surface area contributed by atoms with Crippen molar-refractivity contribution in [2.45, 2.75) is 12.8 Å². The first-order valence-electron chi connectivity index (χ1n) is 4.30. The predicted molar refractivity (Wildman–Crippen MR) is 48.7 cm³/mol. The monoisotopic (exact) mass is 168 g/mol. The topological polar surface area (TPSA) is 63.0 Å². The normalized spacial score (nSPS) is 45.3. The second kappa shape index (κ2) is 3.04. The van der Waals surface area contributed by atoms with Gasteiger partial charge >= 0.3 is 0 Å². The fraction of sp³-hybridized carbons (Fsp3) is 0.600. The second-order valence-electron chi connectivity index (χ2n) is 3.85. The molecule has 1 saturated carbocycles. The fourth-order valence-corrected chi connectivity index (χ4v) is 2.97. The zero-order valence-corrected chi connectivity index (χ0v) is 7.03.